The zero-order valence-electron chi connectivity index (χ0n) is 9.29. The lowest BCUT2D eigenvalue weighted by molar-refractivity contribution is 0.279. The Kier molecular flexibility index (Phi) is 3.62. The molecule has 2 N–H and O–H groups in total. The van der Waals surface area contributed by atoms with E-state index in [0.29, 0.717) is 16.9 Å². The van der Waals surface area contributed by atoms with Gasteiger partial charge in [0.05, 0.1) is 4.47 Å². The van der Waals surface area contributed by atoms with Crippen molar-refractivity contribution >= 4 is 15.9 Å². The molecule has 1 fully saturated rings. The Morgan fingerprint density at radius 2 is 2.31 bits per heavy atom. The van der Waals surface area contributed by atoms with Gasteiger partial charge in [0.15, 0.2) is 0 Å². The van der Waals surface area contributed by atoms with E-state index in [1.54, 1.807) is 12.1 Å². The Hall–Kier alpha value is -0.450. The third kappa shape index (κ3) is 2.14. The molecule has 1 aliphatic rings. The predicted octanol–water partition coefficient (Wildman–Crippen LogP) is 2.54. The molecule has 0 aliphatic carbocycles. The lowest BCUT2D eigenvalue weighted by atomic mass is 9.94. The summed E-state index contributed by atoms with van der Waals surface area (Å²) in [5, 5.41) is 0. The van der Waals surface area contributed by atoms with Crippen LogP contribution in [0.5, 0.6) is 0 Å². The minimum absolute atomic E-state index is 0.200. The first-order chi connectivity index (χ1) is 7.63. The maximum atomic E-state index is 13.5. The molecule has 0 aromatic heterocycles. The first kappa shape index (κ1) is 12.0. The average molecular weight is 287 g/mol. The Morgan fingerprint density at radius 3 is 2.94 bits per heavy atom. The van der Waals surface area contributed by atoms with Crippen molar-refractivity contribution in [3.05, 3.63) is 34.1 Å². The molecule has 0 bridgehead atoms. The first-order valence-corrected chi connectivity index (χ1v) is 6.28. The van der Waals surface area contributed by atoms with E-state index in [-0.39, 0.29) is 11.9 Å². The van der Waals surface area contributed by atoms with Crippen LogP contribution in [0, 0.1) is 11.7 Å². The number of nitrogens with zero attached hydrogens (tertiary/aromatic N) is 1. The molecule has 16 heavy (non-hydrogen) atoms. The maximum Gasteiger partial charge on any atom is 0.137 e. The molecule has 1 aromatic rings. The van der Waals surface area contributed by atoms with Gasteiger partial charge < -0.3 is 5.73 Å². The quantitative estimate of drug-likeness (QED) is 0.905. The second kappa shape index (κ2) is 4.82. The van der Waals surface area contributed by atoms with Crippen molar-refractivity contribution in [3.8, 4) is 0 Å². The SMILES string of the molecule is CN1CCC(CN)C1c1ccc(Br)c(F)c1. The van der Waals surface area contributed by atoms with Crippen LogP contribution in [0.1, 0.15) is 18.0 Å². The van der Waals surface area contributed by atoms with Crippen LogP contribution in [-0.4, -0.2) is 25.0 Å². The molecule has 2 atom stereocenters. The van der Waals surface area contributed by atoms with E-state index in [4.69, 9.17) is 5.73 Å². The molecule has 1 aromatic carbocycles. The predicted molar refractivity (Wildman–Crippen MR) is 66.6 cm³/mol. The molecule has 0 saturated carbocycles. The average Bonchev–Trinajstić information content (AvgIpc) is 2.64. The molecule has 0 spiro atoms. The van der Waals surface area contributed by atoms with Crippen LogP contribution in [0.15, 0.2) is 22.7 Å². The van der Waals surface area contributed by atoms with Gasteiger partial charge in [-0.05, 0) is 66.1 Å². The molecule has 2 nitrogen and oxygen atoms in total. The Labute approximate surface area is 104 Å². The third-order valence-electron chi connectivity index (χ3n) is 3.36. The molecule has 1 heterocycles. The van der Waals surface area contributed by atoms with Crippen LogP contribution in [0.2, 0.25) is 0 Å². The van der Waals surface area contributed by atoms with Gasteiger partial charge in [-0.3, -0.25) is 4.90 Å². The third-order valence-corrected chi connectivity index (χ3v) is 4.01. The smallest absolute Gasteiger partial charge is 0.137 e. The highest BCUT2D eigenvalue weighted by molar-refractivity contribution is 9.10. The largest absolute Gasteiger partial charge is 0.330 e. The number of likely N-dealkylation sites (tertiary alicyclic amines) is 1. The van der Waals surface area contributed by atoms with Gasteiger partial charge in [-0.25, -0.2) is 4.39 Å². The summed E-state index contributed by atoms with van der Waals surface area (Å²) in [6.07, 6.45) is 1.09. The van der Waals surface area contributed by atoms with Gasteiger partial charge in [0, 0.05) is 6.04 Å². The first-order valence-electron chi connectivity index (χ1n) is 5.48. The number of hydrogen-bond donors (Lipinski definition) is 1. The summed E-state index contributed by atoms with van der Waals surface area (Å²) in [5.41, 5.74) is 6.79. The highest BCUT2D eigenvalue weighted by Crippen LogP contribution is 2.36. The topological polar surface area (TPSA) is 29.3 Å². The van der Waals surface area contributed by atoms with E-state index in [1.165, 1.54) is 0 Å². The monoisotopic (exact) mass is 286 g/mol. The van der Waals surface area contributed by atoms with Crippen LogP contribution in [0.4, 0.5) is 4.39 Å². The van der Waals surface area contributed by atoms with Crippen LogP contribution in [0.3, 0.4) is 0 Å². The fraction of sp³-hybridized carbons (Fsp3) is 0.500. The summed E-state index contributed by atoms with van der Waals surface area (Å²) >= 11 is 3.17. The zero-order chi connectivity index (χ0) is 11.7. The normalized spacial score (nSPS) is 26.2. The molecule has 4 heteroatoms. The van der Waals surface area contributed by atoms with Crippen LogP contribution in [-0.2, 0) is 0 Å². The molecule has 2 unspecified atom stereocenters. The lowest BCUT2D eigenvalue weighted by Crippen LogP contribution is -2.25. The molecule has 88 valence electrons. The van der Waals surface area contributed by atoms with E-state index < -0.39 is 0 Å². The summed E-state index contributed by atoms with van der Waals surface area (Å²) in [7, 11) is 2.07. The van der Waals surface area contributed by atoms with Crippen molar-refractivity contribution in [2.75, 3.05) is 20.1 Å². The van der Waals surface area contributed by atoms with Gasteiger partial charge in [-0.1, -0.05) is 6.07 Å². The van der Waals surface area contributed by atoms with Crippen molar-refractivity contribution in [1.29, 1.82) is 0 Å². The minimum atomic E-state index is -0.200. The molecule has 2 rings (SSSR count). The number of rotatable bonds is 2. The van der Waals surface area contributed by atoms with Crippen molar-refractivity contribution in [2.45, 2.75) is 12.5 Å². The van der Waals surface area contributed by atoms with Gasteiger partial charge in [-0.15, -0.1) is 0 Å². The zero-order valence-corrected chi connectivity index (χ0v) is 10.9. The highest BCUT2D eigenvalue weighted by atomic mass is 79.9. The van der Waals surface area contributed by atoms with Gasteiger partial charge in [0.1, 0.15) is 5.82 Å². The van der Waals surface area contributed by atoms with Crippen molar-refractivity contribution in [1.82, 2.24) is 4.90 Å². The van der Waals surface area contributed by atoms with E-state index in [9.17, 15) is 4.39 Å². The van der Waals surface area contributed by atoms with Gasteiger partial charge in [-0.2, -0.15) is 0 Å². The molecule has 1 aliphatic heterocycles. The Bertz CT molecular complexity index is 383. The van der Waals surface area contributed by atoms with Crippen molar-refractivity contribution in [2.24, 2.45) is 11.7 Å². The maximum absolute atomic E-state index is 13.5. The summed E-state index contributed by atoms with van der Waals surface area (Å²) in [4.78, 5) is 2.25. The van der Waals surface area contributed by atoms with E-state index in [2.05, 4.69) is 27.9 Å². The second-order valence-corrected chi connectivity index (χ2v) is 5.24. The summed E-state index contributed by atoms with van der Waals surface area (Å²) in [6, 6.07) is 5.61. The molecule has 0 amide bonds. The summed E-state index contributed by atoms with van der Waals surface area (Å²) < 4.78 is 14.0. The number of hydrogen-bond acceptors (Lipinski definition) is 2. The van der Waals surface area contributed by atoms with E-state index >= 15 is 0 Å². The minimum Gasteiger partial charge on any atom is -0.330 e. The standard InChI is InChI=1S/C12H16BrFN2/c1-16-5-4-9(7-15)12(16)8-2-3-10(13)11(14)6-8/h2-3,6,9,12H,4-5,7,15H2,1H3. The summed E-state index contributed by atoms with van der Waals surface area (Å²) in [5.74, 6) is 0.235. The fourth-order valence-corrected chi connectivity index (χ4v) is 2.74. The molecule has 0 radical (unpaired) electrons. The molecular formula is C12H16BrFN2. The van der Waals surface area contributed by atoms with Gasteiger partial charge in [0.2, 0.25) is 0 Å². The highest BCUT2D eigenvalue weighted by Gasteiger charge is 2.32. The van der Waals surface area contributed by atoms with Gasteiger partial charge >= 0.3 is 0 Å². The second-order valence-electron chi connectivity index (χ2n) is 4.38. The van der Waals surface area contributed by atoms with Crippen LogP contribution in [0.25, 0.3) is 0 Å². The molecule has 1 saturated heterocycles. The van der Waals surface area contributed by atoms with E-state index in [1.807, 2.05) is 6.07 Å². The number of benzene rings is 1. The van der Waals surface area contributed by atoms with Gasteiger partial charge in [0.25, 0.3) is 0 Å². The number of nitrogens with two attached hydrogens (primary N) is 1. The Balaban J connectivity index is 2.31. The van der Waals surface area contributed by atoms with Crippen LogP contribution >= 0.6 is 15.9 Å². The lowest BCUT2D eigenvalue weighted by Gasteiger charge is -2.24. The number of halogens is 2. The van der Waals surface area contributed by atoms with Crippen molar-refractivity contribution in [3.63, 3.8) is 0 Å². The van der Waals surface area contributed by atoms with E-state index in [0.717, 1.165) is 18.5 Å². The molecular weight excluding hydrogens is 271 g/mol. The van der Waals surface area contributed by atoms with Crippen LogP contribution < -0.4 is 5.73 Å². The summed E-state index contributed by atoms with van der Waals surface area (Å²) in [6.45, 7) is 1.69. The van der Waals surface area contributed by atoms with Crippen molar-refractivity contribution < 1.29 is 4.39 Å². The fourth-order valence-electron chi connectivity index (χ4n) is 2.50. The Morgan fingerprint density at radius 1 is 1.56 bits per heavy atom.